The van der Waals surface area contributed by atoms with Gasteiger partial charge in [0, 0.05) is 17.8 Å². The summed E-state index contributed by atoms with van der Waals surface area (Å²) in [6.45, 7) is 0. The van der Waals surface area contributed by atoms with Gasteiger partial charge in [0.15, 0.2) is 5.82 Å². The van der Waals surface area contributed by atoms with Crippen molar-refractivity contribution in [1.82, 2.24) is 29.4 Å². The predicted octanol–water partition coefficient (Wildman–Crippen LogP) is 2.63. The van der Waals surface area contributed by atoms with Crippen LogP contribution in [0.3, 0.4) is 0 Å². The molecule has 0 amide bonds. The second-order valence-electron chi connectivity index (χ2n) is 4.45. The molecule has 0 saturated heterocycles. The maximum atomic E-state index is 6.02. The summed E-state index contributed by atoms with van der Waals surface area (Å²) >= 11 is 6.02. The van der Waals surface area contributed by atoms with Gasteiger partial charge < -0.3 is 0 Å². The number of nitrogens with zero attached hydrogens (tertiary/aromatic N) is 6. The molecule has 3 aromatic heterocycles. The van der Waals surface area contributed by atoms with E-state index < -0.39 is 0 Å². The minimum absolute atomic E-state index is 0.349. The minimum Gasteiger partial charge on any atom is -0.222 e. The number of benzene rings is 1. The fourth-order valence-corrected chi connectivity index (χ4v) is 2.33. The average Bonchev–Trinajstić information content (AvgIpc) is 3.16. The molecule has 0 spiro atoms. The molecule has 102 valence electrons. The first-order valence-corrected chi connectivity index (χ1v) is 6.66. The van der Waals surface area contributed by atoms with Crippen molar-refractivity contribution in [2.24, 2.45) is 0 Å². The third-order valence-corrected chi connectivity index (χ3v) is 3.32. The van der Waals surface area contributed by atoms with Gasteiger partial charge in [0.25, 0.3) is 5.78 Å². The lowest BCUT2D eigenvalue weighted by molar-refractivity contribution is 0.781. The van der Waals surface area contributed by atoms with Crippen LogP contribution >= 0.6 is 11.6 Å². The highest BCUT2D eigenvalue weighted by atomic mass is 35.5. The molecule has 4 aromatic rings. The lowest BCUT2D eigenvalue weighted by atomic mass is 10.1. The Bertz CT molecular complexity index is 912. The fourth-order valence-electron chi connectivity index (χ4n) is 2.16. The molecular weight excluding hydrogens is 288 g/mol. The maximum Gasteiger partial charge on any atom is 0.255 e. The van der Waals surface area contributed by atoms with Crippen molar-refractivity contribution >= 4 is 17.4 Å². The summed E-state index contributed by atoms with van der Waals surface area (Å²) < 4.78 is 3.30. The summed E-state index contributed by atoms with van der Waals surface area (Å²) in [5.41, 5.74) is 2.11. The molecule has 0 unspecified atom stereocenters. The van der Waals surface area contributed by atoms with Gasteiger partial charge in [0.2, 0.25) is 0 Å². The Kier molecular flexibility index (Phi) is 2.68. The van der Waals surface area contributed by atoms with E-state index in [1.165, 1.54) is 6.33 Å². The van der Waals surface area contributed by atoms with Crippen LogP contribution in [0.15, 0.2) is 55.1 Å². The monoisotopic (exact) mass is 296 g/mol. The van der Waals surface area contributed by atoms with Crippen LogP contribution in [-0.2, 0) is 0 Å². The Morgan fingerprint density at radius 3 is 2.71 bits per heavy atom. The van der Waals surface area contributed by atoms with Gasteiger partial charge in [0.1, 0.15) is 11.5 Å². The van der Waals surface area contributed by atoms with Gasteiger partial charge in [-0.3, -0.25) is 0 Å². The summed E-state index contributed by atoms with van der Waals surface area (Å²) in [4.78, 5) is 8.15. The predicted molar refractivity (Wildman–Crippen MR) is 78.4 cm³/mol. The summed E-state index contributed by atoms with van der Waals surface area (Å²) in [6, 6.07) is 11.7. The zero-order chi connectivity index (χ0) is 14.2. The Morgan fingerprint density at radius 1 is 1.00 bits per heavy atom. The number of rotatable bonds is 2. The van der Waals surface area contributed by atoms with Crippen molar-refractivity contribution in [3.05, 3.63) is 60.3 Å². The zero-order valence-electron chi connectivity index (χ0n) is 10.8. The molecule has 0 N–H and O–H groups in total. The number of halogens is 1. The van der Waals surface area contributed by atoms with Gasteiger partial charge in [-0.05, 0) is 5.56 Å². The number of aromatic nitrogens is 6. The number of fused-ring (bicyclic) bond motifs is 1. The largest absolute Gasteiger partial charge is 0.255 e. The first kappa shape index (κ1) is 12.0. The Labute approximate surface area is 124 Å². The van der Waals surface area contributed by atoms with Crippen molar-refractivity contribution in [3.63, 3.8) is 0 Å². The lowest BCUT2D eigenvalue weighted by Gasteiger charge is -2.03. The molecule has 1 aromatic carbocycles. The topological polar surface area (TPSA) is 60.9 Å². The number of hydrogen-bond donors (Lipinski definition) is 0. The van der Waals surface area contributed by atoms with E-state index in [4.69, 9.17) is 11.6 Å². The highest BCUT2D eigenvalue weighted by molar-refractivity contribution is 6.29. The SMILES string of the molecule is Clc1cc(-n2cc(-c3ccccc3)cn2)n2ncnc2n1. The molecule has 0 saturated carbocycles. The first-order valence-electron chi connectivity index (χ1n) is 6.28. The summed E-state index contributed by atoms with van der Waals surface area (Å²) in [5, 5.41) is 8.87. The average molecular weight is 297 g/mol. The van der Waals surface area contributed by atoms with Crippen molar-refractivity contribution in [3.8, 4) is 16.9 Å². The molecular formula is C14H9ClN6. The normalized spacial score (nSPS) is 11.1. The van der Waals surface area contributed by atoms with E-state index in [0.717, 1.165) is 11.1 Å². The van der Waals surface area contributed by atoms with Gasteiger partial charge in [-0.15, -0.1) is 0 Å². The minimum atomic E-state index is 0.349. The van der Waals surface area contributed by atoms with Crippen molar-refractivity contribution in [1.29, 1.82) is 0 Å². The molecule has 4 rings (SSSR count). The van der Waals surface area contributed by atoms with Crippen molar-refractivity contribution < 1.29 is 0 Å². The quantitative estimate of drug-likeness (QED) is 0.534. The maximum absolute atomic E-state index is 6.02. The summed E-state index contributed by atoms with van der Waals surface area (Å²) in [6.07, 6.45) is 5.15. The molecule has 0 atom stereocenters. The molecule has 0 bridgehead atoms. The van der Waals surface area contributed by atoms with Crippen LogP contribution in [0.5, 0.6) is 0 Å². The summed E-state index contributed by atoms with van der Waals surface area (Å²) in [5.74, 6) is 1.12. The molecule has 0 fully saturated rings. The van der Waals surface area contributed by atoms with Gasteiger partial charge >= 0.3 is 0 Å². The highest BCUT2D eigenvalue weighted by Crippen LogP contribution is 2.20. The van der Waals surface area contributed by atoms with Crippen LogP contribution in [0.25, 0.3) is 22.7 Å². The Morgan fingerprint density at radius 2 is 1.86 bits per heavy atom. The van der Waals surface area contributed by atoms with Crippen molar-refractivity contribution in [2.75, 3.05) is 0 Å². The first-order chi connectivity index (χ1) is 10.3. The second-order valence-corrected chi connectivity index (χ2v) is 4.84. The van der Waals surface area contributed by atoms with Gasteiger partial charge in [-0.2, -0.15) is 24.7 Å². The fraction of sp³-hybridized carbons (Fsp3) is 0. The van der Waals surface area contributed by atoms with Crippen LogP contribution < -0.4 is 0 Å². The van der Waals surface area contributed by atoms with Crippen molar-refractivity contribution in [2.45, 2.75) is 0 Å². The van der Waals surface area contributed by atoms with Gasteiger partial charge in [-0.25, -0.2) is 4.68 Å². The molecule has 21 heavy (non-hydrogen) atoms. The van der Waals surface area contributed by atoms with Crippen LogP contribution in [0.1, 0.15) is 0 Å². The third kappa shape index (κ3) is 2.05. The van der Waals surface area contributed by atoms with E-state index in [2.05, 4.69) is 20.2 Å². The molecule has 0 aliphatic rings. The van der Waals surface area contributed by atoms with E-state index in [0.29, 0.717) is 16.7 Å². The molecule has 0 aliphatic carbocycles. The molecule has 7 heteroatoms. The molecule has 0 radical (unpaired) electrons. The Hall–Kier alpha value is -2.73. The zero-order valence-corrected chi connectivity index (χ0v) is 11.5. The van der Waals surface area contributed by atoms with E-state index in [1.54, 1.807) is 21.5 Å². The highest BCUT2D eigenvalue weighted by Gasteiger charge is 2.10. The van der Waals surface area contributed by atoms with Crippen LogP contribution in [0, 0.1) is 0 Å². The Balaban J connectivity index is 1.87. The lowest BCUT2D eigenvalue weighted by Crippen LogP contribution is -2.05. The second kappa shape index (κ2) is 4.68. The third-order valence-electron chi connectivity index (χ3n) is 3.13. The van der Waals surface area contributed by atoms with Gasteiger partial charge in [-0.1, -0.05) is 41.9 Å². The van der Waals surface area contributed by atoms with Crippen LogP contribution in [-0.4, -0.2) is 29.4 Å². The molecule has 3 heterocycles. The van der Waals surface area contributed by atoms with E-state index in [9.17, 15) is 0 Å². The number of hydrogen-bond acceptors (Lipinski definition) is 4. The van der Waals surface area contributed by atoms with E-state index in [1.807, 2.05) is 36.5 Å². The van der Waals surface area contributed by atoms with Crippen LogP contribution in [0.4, 0.5) is 0 Å². The molecule has 6 nitrogen and oxygen atoms in total. The smallest absolute Gasteiger partial charge is 0.222 e. The van der Waals surface area contributed by atoms with Gasteiger partial charge in [0.05, 0.1) is 6.20 Å². The van der Waals surface area contributed by atoms with E-state index >= 15 is 0 Å². The summed E-state index contributed by atoms with van der Waals surface area (Å²) in [7, 11) is 0. The van der Waals surface area contributed by atoms with E-state index in [-0.39, 0.29) is 0 Å². The van der Waals surface area contributed by atoms with Crippen LogP contribution in [0.2, 0.25) is 5.15 Å². The standard InChI is InChI=1S/C14H9ClN6/c15-12-6-13(21-14(19-12)16-9-18-21)20-8-11(7-17-20)10-4-2-1-3-5-10/h1-9H. The molecule has 0 aliphatic heterocycles.